The molecule has 10 heteroatoms. The number of nitrogens with two attached hydrogens (primary N) is 1. The molecular weight excluding hydrogens is 536 g/mol. The summed E-state index contributed by atoms with van der Waals surface area (Å²) in [7, 11) is 0. The molecule has 0 unspecified atom stereocenters. The Bertz CT molecular complexity index is 1490. The number of halogens is 2. The van der Waals surface area contributed by atoms with Gasteiger partial charge in [0.15, 0.2) is 23.9 Å². The first-order valence-electron chi connectivity index (χ1n) is 10.6. The van der Waals surface area contributed by atoms with Gasteiger partial charge in [-0.05, 0) is 41.1 Å². The molecule has 0 saturated heterocycles. The Morgan fingerprint density at radius 3 is 2.60 bits per heavy atom. The summed E-state index contributed by atoms with van der Waals surface area (Å²) < 4.78 is 12.8. The number of carbonyl (C=O) groups is 1. The maximum Gasteiger partial charge on any atom is 0.282 e. The first-order valence-corrected chi connectivity index (χ1v) is 11.7. The van der Waals surface area contributed by atoms with Gasteiger partial charge >= 0.3 is 0 Å². The second-order valence-electron chi connectivity index (χ2n) is 7.29. The summed E-state index contributed by atoms with van der Waals surface area (Å²) in [6, 6.07) is 18.0. The van der Waals surface area contributed by atoms with Crippen molar-refractivity contribution in [2.24, 2.45) is 10.8 Å². The summed E-state index contributed by atoms with van der Waals surface area (Å²) in [5, 5.41) is 5.08. The lowest BCUT2D eigenvalue weighted by Gasteiger charge is -2.15. The van der Waals surface area contributed by atoms with E-state index >= 15 is 0 Å². The van der Waals surface area contributed by atoms with E-state index in [1.807, 2.05) is 36.4 Å². The third-order valence-corrected chi connectivity index (χ3v) is 6.36. The van der Waals surface area contributed by atoms with Crippen molar-refractivity contribution in [1.29, 1.82) is 0 Å². The number of primary amides is 1. The normalized spacial score (nSPS) is 11.2. The molecule has 0 bridgehead atoms. The van der Waals surface area contributed by atoms with Crippen molar-refractivity contribution in [3.05, 3.63) is 86.1 Å². The molecule has 178 valence electrons. The summed E-state index contributed by atoms with van der Waals surface area (Å²) in [5.41, 5.74) is 6.69. The molecule has 0 radical (unpaired) electrons. The van der Waals surface area contributed by atoms with Gasteiger partial charge in [-0.15, -0.1) is 0 Å². The van der Waals surface area contributed by atoms with Crippen LogP contribution in [0.15, 0.2) is 75.0 Å². The molecule has 0 aliphatic rings. The molecule has 1 aromatic heterocycles. The number of benzene rings is 3. The third kappa shape index (κ3) is 5.21. The minimum Gasteiger partial charge on any atom is -0.490 e. The number of aromatic nitrogens is 2. The van der Waals surface area contributed by atoms with E-state index in [9.17, 15) is 9.59 Å². The fraction of sp³-hybridized carbons (Fsp3) is 0.120. The van der Waals surface area contributed by atoms with Crippen LogP contribution in [0.1, 0.15) is 12.5 Å². The maximum atomic E-state index is 13.4. The summed E-state index contributed by atoms with van der Waals surface area (Å²) in [4.78, 5) is 29.2. The zero-order valence-corrected chi connectivity index (χ0v) is 20.9. The lowest BCUT2D eigenvalue weighted by atomic mass is 10.2. The number of hydrogen-bond acceptors (Lipinski definition) is 6. The molecule has 0 aliphatic heterocycles. The van der Waals surface area contributed by atoms with Crippen LogP contribution in [0.4, 0.5) is 0 Å². The standard InChI is InChI=1S/C25H20BrClN4O4/c1-2-34-19-12-16(21(26)22(27)23(19)35-14-20(28)32)13-29-31-24(15-8-4-3-5-9-15)30-18-11-7-6-10-17(18)25(31)33/h3-13H,2,14H2,1H3,(H2,28,32). The Morgan fingerprint density at radius 1 is 1.17 bits per heavy atom. The van der Waals surface area contributed by atoms with Gasteiger partial charge in [0, 0.05) is 15.6 Å². The Hall–Kier alpha value is -3.69. The smallest absolute Gasteiger partial charge is 0.282 e. The Morgan fingerprint density at radius 2 is 1.89 bits per heavy atom. The topological polar surface area (TPSA) is 109 Å². The lowest BCUT2D eigenvalue weighted by molar-refractivity contribution is -0.119. The molecular formula is C25H20BrClN4O4. The van der Waals surface area contributed by atoms with Gasteiger partial charge in [-0.25, -0.2) is 4.98 Å². The number of nitrogens with zero attached hydrogens (tertiary/aromatic N) is 3. The molecule has 3 aromatic carbocycles. The predicted molar refractivity (Wildman–Crippen MR) is 139 cm³/mol. The molecule has 35 heavy (non-hydrogen) atoms. The minimum atomic E-state index is -0.651. The highest BCUT2D eigenvalue weighted by atomic mass is 79.9. The van der Waals surface area contributed by atoms with Crippen LogP contribution in [0.25, 0.3) is 22.3 Å². The van der Waals surface area contributed by atoms with Crippen molar-refractivity contribution in [2.45, 2.75) is 6.92 Å². The molecule has 4 aromatic rings. The van der Waals surface area contributed by atoms with Gasteiger partial charge < -0.3 is 15.2 Å². The van der Waals surface area contributed by atoms with E-state index in [1.165, 1.54) is 10.9 Å². The Balaban J connectivity index is 1.86. The van der Waals surface area contributed by atoms with E-state index in [2.05, 4.69) is 26.0 Å². The van der Waals surface area contributed by atoms with Crippen LogP contribution >= 0.6 is 27.5 Å². The van der Waals surface area contributed by atoms with Gasteiger partial charge in [0.25, 0.3) is 11.5 Å². The fourth-order valence-electron chi connectivity index (χ4n) is 3.36. The fourth-order valence-corrected chi connectivity index (χ4v) is 4.02. The van der Waals surface area contributed by atoms with Crippen LogP contribution in [0, 0.1) is 0 Å². The zero-order chi connectivity index (χ0) is 24.9. The van der Waals surface area contributed by atoms with E-state index in [1.54, 1.807) is 31.2 Å². The average molecular weight is 556 g/mol. The number of carbonyl (C=O) groups excluding carboxylic acids is 1. The molecule has 2 N–H and O–H groups in total. The highest BCUT2D eigenvalue weighted by Crippen LogP contribution is 2.42. The van der Waals surface area contributed by atoms with Gasteiger partial charge in [0.2, 0.25) is 0 Å². The van der Waals surface area contributed by atoms with E-state index in [-0.39, 0.29) is 22.9 Å². The second kappa shape index (κ2) is 10.7. The highest BCUT2D eigenvalue weighted by Gasteiger charge is 2.19. The predicted octanol–water partition coefficient (Wildman–Crippen LogP) is 4.62. The van der Waals surface area contributed by atoms with Crippen molar-refractivity contribution in [2.75, 3.05) is 13.2 Å². The van der Waals surface area contributed by atoms with Gasteiger partial charge in [0.1, 0.15) is 5.02 Å². The van der Waals surface area contributed by atoms with Crippen LogP contribution in [0.2, 0.25) is 5.02 Å². The maximum absolute atomic E-state index is 13.4. The number of amides is 1. The SMILES string of the molecule is CCOc1cc(C=Nn2c(-c3ccccc3)nc3ccccc3c2=O)c(Br)c(Cl)c1OCC(N)=O. The third-order valence-electron chi connectivity index (χ3n) is 4.91. The zero-order valence-electron chi connectivity index (χ0n) is 18.6. The molecule has 1 heterocycles. The molecule has 0 saturated carbocycles. The van der Waals surface area contributed by atoms with E-state index < -0.39 is 5.91 Å². The quantitative estimate of drug-likeness (QED) is 0.319. The number of para-hydroxylation sites is 1. The van der Waals surface area contributed by atoms with Gasteiger partial charge in [-0.2, -0.15) is 9.78 Å². The first-order chi connectivity index (χ1) is 16.9. The van der Waals surface area contributed by atoms with E-state index in [0.717, 1.165) is 5.56 Å². The van der Waals surface area contributed by atoms with Crippen molar-refractivity contribution >= 4 is 50.6 Å². The highest BCUT2D eigenvalue weighted by molar-refractivity contribution is 9.10. The van der Waals surface area contributed by atoms with Gasteiger partial charge in [-0.1, -0.05) is 54.1 Å². The van der Waals surface area contributed by atoms with E-state index in [4.69, 9.17) is 26.8 Å². The Labute approximate surface area is 214 Å². The number of rotatable bonds is 8. The van der Waals surface area contributed by atoms with Crippen molar-refractivity contribution in [3.63, 3.8) is 0 Å². The summed E-state index contributed by atoms with van der Waals surface area (Å²) in [6.07, 6.45) is 1.47. The molecule has 8 nitrogen and oxygen atoms in total. The number of fused-ring (bicyclic) bond motifs is 1. The van der Waals surface area contributed by atoms with Crippen molar-refractivity contribution in [3.8, 4) is 22.9 Å². The first kappa shape index (κ1) is 24.4. The van der Waals surface area contributed by atoms with Crippen LogP contribution in [0.5, 0.6) is 11.5 Å². The molecule has 0 spiro atoms. The van der Waals surface area contributed by atoms with Crippen molar-refractivity contribution < 1.29 is 14.3 Å². The second-order valence-corrected chi connectivity index (χ2v) is 8.46. The minimum absolute atomic E-state index is 0.172. The molecule has 0 fully saturated rings. The largest absolute Gasteiger partial charge is 0.490 e. The van der Waals surface area contributed by atoms with Crippen LogP contribution in [-0.4, -0.2) is 35.0 Å². The Kier molecular flexibility index (Phi) is 7.48. The lowest BCUT2D eigenvalue weighted by Crippen LogP contribution is -2.21. The van der Waals surface area contributed by atoms with Crippen LogP contribution in [-0.2, 0) is 4.79 Å². The molecule has 0 aliphatic carbocycles. The summed E-state index contributed by atoms with van der Waals surface area (Å²) in [5.74, 6) is 0.211. The van der Waals surface area contributed by atoms with E-state index in [0.29, 0.717) is 39.1 Å². The van der Waals surface area contributed by atoms with Crippen LogP contribution < -0.4 is 20.8 Å². The van der Waals surface area contributed by atoms with Crippen LogP contribution in [0.3, 0.4) is 0 Å². The number of hydrogen-bond donors (Lipinski definition) is 1. The molecule has 4 rings (SSSR count). The monoisotopic (exact) mass is 554 g/mol. The summed E-state index contributed by atoms with van der Waals surface area (Å²) in [6.45, 7) is 1.76. The number of ether oxygens (including phenoxy) is 2. The summed E-state index contributed by atoms with van der Waals surface area (Å²) >= 11 is 9.94. The average Bonchev–Trinajstić information content (AvgIpc) is 2.86. The van der Waals surface area contributed by atoms with Crippen molar-refractivity contribution in [1.82, 2.24) is 9.66 Å². The molecule has 0 atom stereocenters. The van der Waals surface area contributed by atoms with Gasteiger partial charge in [0.05, 0.1) is 23.7 Å². The molecule has 1 amide bonds. The van der Waals surface area contributed by atoms with Gasteiger partial charge in [-0.3, -0.25) is 9.59 Å².